The Labute approximate surface area is 140 Å². The Morgan fingerprint density at radius 3 is 2.87 bits per heavy atom. The van der Waals surface area contributed by atoms with E-state index >= 15 is 0 Å². The maximum atomic E-state index is 12.4. The molecule has 1 atom stereocenters. The molecule has 1 aromatic heterocycles. The highest BCUT2D eigenvalue weighted by molar-refractivity contribution is 7.98. The van der Waals surface area contributed by atoms with Crippen molar-refractivity contribution in [2.24, 2.45) is 0 Å². The van der Waals surface area contributed by atoms with E-state index in [9.17, 15) is 4.79 Å². The molecular formula is C17H20N4OS. The summed E-state index contributed by atoms with van der Waals surface area (Å²) in [6.07, 6.45) is 7.37. The number of nitrogens with zero attached hydrogens (tertiary/aromatic N) is 2. The van der Waals surface area contributed by atoms with Crippen molar-refractivity contribution in [3.05, 3.63) is 47.9 Å². The van der Waals surface area contributed by atoms with Gasteiger partial charge >= 0.3 is 0 Å². The van der Waals surface area contributed by atoms with Gasteiger partial charge in [0.2, 0.25) is 0 Å². The fourth-order valence-electron chi connectivity index (χ4n) is 2.81. The van der Waals surface area contributed by atoms with Gasteiger partial charge in [-0.1, -0.05) is 18.2 Å². The van der Waals surface area contributed by atoms with E-state index < -0.39 is 0 Å². The molecule has 2 aromatic rings. The number of nitrogens with one attached hydrogen (secondary N) is 2. The van der Waals surface area contributed by atoms with Crippen molar-refractivity contribution in [2.75, 3.05) is 24.7 Å². The third-order valence-electron chi connectivity index (χ3n) is 4.02. The molecule has 1 saturated heterocycles. The Morgan fingerprint density at radius 2 is 2.17 bits per heavy atom. The van der Waals surface area contributed by atoms with Gasteiger partial charge in [-0.15, -0.1) is 11.8 Å². The molecule has 3 rings (SSSR count). The first-order valence-electron chi connectivity index (χ1n) is 7.75. The molecule has 5 nitrogen and oxygen atoms in total. The number of benzene rings is 1. The van der Waals surface area contributed by atoms with Crippen LogP contribution in [0.5, 0.6) is 0 Å². The van der Waals surface area contributed by atoms with Gasteiger partial charge < -0.3 is 10.6 Å². The molecule has 1 amide bonds. The highest BCUT2D eigenvalue weighted by Crippen LogP contribution is 2.29. The van der Waals surface area contributed by atoms with E-state index in [4.69, 9.17) is 0 Å². The van der Waals surface area contributed by atoms with Crippen LogP contribution in [0.2, 0.25) is 0 Å². The van der Waals surface area contributed by atoms with Crippen LogP contribution in [0.3, 0.4) is 0 Å². The molecule has 1 fully saturated rings. The van der Waals surface area contributed by atoms with Crippen LogP contribution in [0, 0.1) is 0 Å². The van der Waals surface area contributed by atoms with E-state index in [1.165, 1.54) is 23.5 Å². The standard InChI is InChI=1S/C17H20N4OS/c1-23-16-11-19-15(10-20-16)17(22)21-14-7-3-2-6-13(14)12-5-4-8-18-9-12/h2-3,6-7,10-12,18H,4-5,8-9H2,1H3,(H,21,22)/t12-/m1/s1. The minimum absolute atomic E-state index is 0.221. The maximum absolute atomic E-state index is 12.4. The summed E-state index contributed by atoms with van der Waals surface area (Å²) in [5.41, 5.74) is 2.38. The molecular weight excluding hydrogens is 308 g/mol. The summed E-state index contributed by atoms with van der Waals surface area (Å²) in [5.74, 6) is 0.214. The second-order valence-corrected chi connectivity index (χ2v) is 6.36. The van der Waals surface area contributed by atoms with Crippen LogP contribution < -0.4 is 10.6 Å². The molecule has 1 aliphatic rings. The summed E-state index contributed by atoms with van der Waals surface area (Å²) in [6, 6.07) is 8.01. The van der Waals surface area contributed by atoms with Gasteiger partial charge in [-0.25, -0.2) is 9.97 Å². The van der Waals surface area contributed by atoms with Gasteiger partial charge in [-0.2, -0.15) is 0 Å². The van der Waals surface area contributed by atoms with Gasteiger partial charge in [-0.3, -0.25) is 4.79 Å². The lowest BCUT2D eigenvalue weighted by Crippen LogP contribution is -2.29. The number of thioether (sulfide) groups is 1. The van der Waals surface area contributed by atoms with Gasteiger partial charge in [0.1, 0.15) is 10.7 Å². The predicted octanol–water partition coefficient (Wildman–Crippen LogP) is 2.92. The average Bonchev–Trinajstić information content (AvgIpc) is 2.63. The molecule has 23 heavy (non-hydrogen) atoms. The number of hydrogen-bond acceptors (Lipinski definition) is 5. The molecule has 2 N–H and O–H groups in total. The third kappa shape index (κ3) is 3.89. The zero-order valence-corrected chi connectivity index (χ0v) is 13.9. The van der Waals surface area contributed by atoms with Gasteiger partial charge in [0.25, 0.3) is 5.91 Å². The second-order valence-electron chi connectivity index (χ2n) is 5.53. The number of anilines is 1. The van der Waals surface area contributed by atoms with Crippen LogP contribution in [-0.4, -0.2) is 35.2 Å². The Kier molecular flexibility index (Phi) is 5.25. The summed E-state index contributed by atoms with van der Waals surface area (Å²) in [4.78, 5) is 20.8. The molecule has 6 heteroatoms. The zero-order chi connectivity index (χ0) is 16.1. The highest BCUT2D eigenvalue weighted by Gasteiger charge is 2.19. The summed E-state index contributed by atoms with van der Waals surface area (Å²) < 4.78 is 0. The van der Waals surface area contributed by atoms with Gasteiger partial charge in [0.15, 0.2) is 0 Å². The predicted molar refractivity (Wildman–Crippen MR) is 93.1 cm³/mol. The molecule has 2 heterocycles. The fourth-order valence-corrected chi connectivity index (χ4v) is 3.13. The SMILES string of the molecule is CSc1cnc(C(=O)Nc2ccccc2[C@@H]2CCCNC2)cn1. The number of carbonyl (C=O) groups excluding carboxylic acids is 1. The number of hydrogen-bond donors (Lipinski definition) is 2. The molecule has 0 aliphatic carbocycles. The molecule has 0 unspecified atom stereocenters. The van der Waals surface area contributed by atoms with Crippen molar-refractivity contribution in [3.8, 4) is 0 Å². The van der Waals surface area contributed by atoms with E-state index in [2.05, 4.69) is 26.7 Å². The smallest absolute Gasteiger partial charge is 0.275 e. The van der Waals surface area contributed by atoms with Crippen molar-refractivity contribution in [1.82, 2.24) is 15.3 Å². The van der Waals surface area contributed by atoms with E-state index in [1.54, 1.807) is 6.20 Å². The van der Waals surface area contributed by atoms with E-state index in [0.29, 0.717) is 11.6 Å². The van der Waals surface area contributed by atoms with Crippen LogP contribution in [-0.2, 0) is 0 Å². The normalized spacial score (nSPS) is 17.7. The van der Waals surface area contributed by atoms with Crippen LogP contribution in [0.1, 0.15) is 34.8 Å². The molecule has 0 spiro atoms. The van der Waals surface area contributed by atoms with Crippen molar-refractivity contribution >= 4 is 23.4 Å². The number of carbonyl (C=O) groups is 1. The first kappa shape index (κ1) is 16.0. The minimum Gasteiger partial charge on any atom is -0.320 e. The Balaban J connectivity index is 1.77. The Bertz CT molecular complexity index is 669. The molecule has 1 aromatic carbocycles. The number of para-hydroxylation sites is 1. The van der Waals surface area contributed by atoms with Gasteiger partial charge in [0.05, 0.1) is 12.4 Å². The molecule has 0 bridgehead atoms. The topological polar surface area (TPSA) is 66.9 Å². The molecule has 0 saturated carbocycles. The highest BCUT2D eigenvalue weighted by atomic mass is 32.2. The lowest BCUT2D eigenvalue weighted by Gasteiger charge is -2.25. The Morgan fingerprint density at radius 1 is 1.30 bits per heavy atom. The number of piperidine rings is 1. The first-order chi connectivity index (χ1) is 11.3. The quantitative estimate of drug-likeness (QED) is 0.845. The third-order valence-corrected chi connectivity index (χ3v) is 4.64. The fraction of sp³-hybridized carbons (Fsp3) is 0.353. The van der Waals surface area contributed by atoms with Crippen molar-refractivity contribution in [1.29, 1.82) is 0 Å². The van der Waals surface area contributed by atoms with Crippen LogP contribution in [0.25, 0.3) is 0 Å². The van der Waals surface area contributed by atoms with E-state index in [0.717, 1.165) is 36.6 Å². The van der Waals surface area contributed by atoms with E-state index in [1.807, 2.05) is 24.5 Å². The van der Waals surface area contributed by atoms with Gasteiger partial charge in [0, 0.05) is 12.2 Å². The molecule has 1 aliphatic heterocycles. The van der Waals surface area contributed by atoms with Crippen LogP contribution >= 0.6 is 11.8 Å². The van der Waals surface area contributed by atoms with E-state index in [-0.39, 0.29) is 5.91 Å². The second kappa shape index (κ2) is 7.57. The average molecular weight is 328 g/mol. The number of aromatic nitrogens is 2. The maximum Gasteiger partial charge on any atom is 0.275 e. The number of rotatable bonds is 4. The lowest BCUT2D eigenvalue weighted by molar-refractivity contribution is 0.102. The van der Waals surface area contributed by atoms with Crippen molar-refractivity contribution < 1.29 is 4.79 Å². The lowest BCUT2D eigenvalue weighted by atomic mass is 9.90. The zero-order valence-electron chi connectivity index (χ0n) is 13.1. The molecule has 120 valence electrons. The van der Waals surface area contributed by atoms with Crippen molar-refractivity contribution in [3.63, 3.8) is 0 Å². The minimum atomic E-state index is -0.221. The summed E-state index contributed by atoms with van der Waals surface area (Å²) >= 11 is 1.50. The Hall–Kier alpha value is -1.92. The monoisotopic (exact) mass is 328 g/mol. The largest absolute Gasteiger partial charge is 0.320 e. The summed E-state index contributed by atoms with van der Waals surface area (Å²) in [5, 5.41) is 7.21. The number of amides is 1. The summed E-state index contributed by atoms with van der Waals surface area (Å²) in [6.45, 7) is 2.03. The van der Waals surface area contributed by atoms with Crippen LogP contribution in [0.15, 0.2) is 41.7 Å². The first-order valence-corrected chi connectivity index (χ1v) is 8.97. The van der Waals surface area contributed by atoms with Crippen LogP contribution in [0.4, 0.5) is 5.69 Å². The van der Waals surface area contributed by atoms with Crippen molar-refractivity contribution in [2.45, 2.75) is 23.8 Å². The molecule has 0 radical (unpaired) electrons. The van der Waals surface area contributed by atoms with Gasteiger partial charge in [-0.05, 0) is 43.2 Å². The summed E-state index contributed by atoms with van der Waals surface area (Å²) in [7, 11) is 0.